The van der Waals surface area contributed by atoms with Crippen molar-refractivity contribution in [1.29, 1.82) is 5.41 Å². The summed E-state index contributed by atoms with van der Waals surface area (Å²) in [7, 11) is 0. The molecule has 1 aliphatic heterocycles. The molecule has 2 aromatic carbocycles. The Morgan fingerprint density at radius 1 is 1.13 bits per heavy atom. The number of nitrogens with one attached hydrogen (secondary N) is 3. The van der Waals surface area contributed by atoms with E-state index >= 15 is 0 Å². The van der Waals surface area contributed by atoms with Gasteiger partial charge >= 0.3 is 12.2 Å². The zero-order valence-corrected chi connectivity index (χ0v) is 23.4. The average molecular weight is 582 g/mol. The third-order valence-corrected chi connectivity index (χ3v) is 6.92. The molecule has 39 heavy (non-hydrogen) atoms. The Morgan fingerprint density at radius 3 is 2.33 bits per heavy atom. The van der Waals surface area contributed by atoms with Gasteiger partial charge in [-0.05, 0) is 79.4 Å². The lowest BCUT2D eigenvalue weighted by atomic mass is 9.96. The third kappa shape index (κ3) is 9.08. The van der Waals surface area contributed by atoms with Crippen LogP contribution in [-0.4, -0.2) is 54.8 Å². The summed E-state index contributed by atoms with van der Waals surface area (Å²) in [5, 5.41) is 15.5. The fourth-order valence-corrected chi connectivity index (χ4v) is 4.51. The van der Waals surface area contributed by atoms with Crippen molar-refractivity contribution in [3.05, 3.63) is 80.8 Å². The first-order chi connectivity index (χ1) is 18.5. The Balaban J connectivity index is 1.79. The SMILES string of the molecule is CCC(N=C1CNCC/C1=C(/C)CNC(=O)N(CCC(F)(F)F)C(=N)c1ccc(Cl)cc1)c1ccc(Cl)cc1. The van der Waals surface area contributed by atoms with E-state index in [1.54, 1.807) is 0 Å². The molecule has 1 saturated heterocycles. The molecule has 1 heterocycles. The van der Waals surface area contributed by atoms with Gasteiger partial charge in [0.2, 0.25) is 0 Å². The van der Waals surface area contributed by atoms with Crippen molar-refractivity contribution in [3.8, 4) is 0 Å². The number of hydrogen-bond acceptors (Lipinski definition) is 4. The highest BCUT2D eigenvalue weighted by atomic mass is 35.5. The lowest BCUT2D eigenvalue weighted by Gasteiger charge is -2.26. The number of carbonyl (C=O) groups excluding carboxylic acids is 1. The third-order valence-electron chi connectivity index (χ3n) is 6.42. The van der Waals surface area contributed by atoms with E-state index in [4.69, 9.17) is 33.6 Å². The van der Waals surface area contributed by atoms with Gasteiger partial charge in [0, 0.05) is 35.2 Å². The van der Waals surface area contributed by atoms with Crippen molar-refractivity contribution in [2.24, 2.45) is 4.99 Å². The first kappa shape index (κ1) is 30.7. The first-order valence-electron chi connectivity index (χ1n) is 12.7. The molecule has 0 aliphatic carbocycles. The Morgan fingerprint density at radius 2 is 1.74 bits per heavy atom. The van der Waals surface area contributed by atoms with Gasteiger partial charge in [-0.1, -0.05) is 42.3 Å². The van der Waals surface area contributed by atoms with Crippen LogP contribution in [0.25, 0.3) is 0 Å². The van der Waals surface area contributed by atoms with Crippen LogP contribution >= 0.6 is 23.2 Å². The molecule has 0 spiro atoms. The van der Waals surface area contributed by atoms with E-state index in [0.717, 1.165) is 40.3 Å². The number of nitrogens with zero attached hydrogens (tertiary/aromatic N) is 2. The smallest absolute Gasteiger partial charge is 0.334 e. The molecule has 2 amide bonds. The largest absolute Gasteiger partial charge is 0.390 e. The number of halogens is 5. The van der Waals surface area contributed by atoms with Gasteiger partial charge in [-0.25, -0.2) is 4.79 Å². The van der Waals surface area contributed by atoms with Crippen LogP contribution in [0, 0.1) is 5.41 Å². The molecule has 0 aromatic heterocycles. The van der Waals surface area contributed by atoms with Crippen LogP contribution in [0.1, 0.15) is 50.3 Å². The number of rotatable bonds is 8. The molecule has 0 radical (unpaired) electrons. The molecule has 2 aromatic rings. The first-order valence-corrected chi connectivity index (χ1v) is 13.4. The highest BCUT2D eigenvalue weighted by molar-refractivity contribution is 6.31. The van der Waals surface area contributed by atoms with Crippen LogP contribution in [0.5, 0.6) is 0 Å². The molecule has 1 aliphatic rings. The zero-order valence-electron chi connectivity index (χ0n) is 21.8. The summed E-state index contributed by atoms with van der Waals surface area (Å²) in [6.07, 6.45) is -4.22. The minimum atomic E-state index is -4.48. The van der Waals surface area contributed by atoms with Gasteiger partial charge in [-0.2, -0.15) is 13.2 Å². The van der Waals surface area contributed by atoms with Gasteiger partial charge in [-0.15, -0.1) is 0 Å². The highest BCUT2D eigenvalue weighted by Gasteiger charge is 2.31. The lowest BCUT2D eigenvalue weighted by molar-refractivity contribution is -0.135. The van der Waals surface area contributed by atoms with E-state index in [9.17, 15) is 18.0 Å². The van der Waals surface area contributed by atoms with Crippen molar-refractivity contribution < 1.29 is 18.0 Å². The number of amides is 2. The van der Waals surface area contributed by atoms with Gasteiger partial charge in [-0.3, -0.25) is 15.3 Å². The number of piperidine rings is 1. The second-order valence-electron chi connectivity index (χ2n) is 9.27. The minimum absolute atomic E-state index is 0.0627. The fourth-order valence-electron chi connectivity index (χ4n) is 4.26. The molecular weight excluding hydrogens is 550 g/mol. The summed E-state index contributed by atoms with van der Waals surface area (Å²) in [6.45, 7) is 4.69. The lowest BCUT2D eigenvalue weighted by Crippen LogP contribution is -2.46. The monoisotopic (exact) mass is 581 g/mol. The normalized spacial score (nSPS) is 17.1. The van der Waals surface area contributed by atoms with Gasteiger partial charge in [0.05, 0.1) is 18.2 Å². The van der Waals surface area contributed by atoms with Crippen LogP contribution in [0.3, 0.4) is 0 Å². The van der Waals surface area contributed by atoms with Crippen LogP contribution in [0.15, 0.2) is 64.7 Å². The average Bonchev–Trinajstić information content (AvgIpc) is 2.91. The van der Waals surface area contributed by atoms with E-state index in [0.29, 0.717) is 23.0 Å². The van der Waals surface area contributed by atoms with E-state index in [2.05, 4.69) is 17.6 Å². The number of alkyl halides is 3. The number of benzene rings is 2. The Labute approximate surface area is 236 Å². The topological polar surface area (TPSA) is 80.6 Å². The summed E-state index contributed by atoms with van der Waals surface area (Å²) >= 11 is 11.9. The van der Waals surface area contributed by atoms with Crippen molar-refractivity contribution in [2.75, 3.05) is 26.2 Å². The molecule has 1 atom stereocenters. The Kier molecular flexibility index (Phi) is 11.0. The molecule has 6 nitrogen and oxygen atoms in total. The quantitative estimate of drug-likeness (QED) is 0.228. The molecule has 3 N–H and O–H groups in total. The predicted octanol–water partition coefficient (Wildman–Crippen LogP) is 7.18. The molecule has 1 fully saturated rings. The van der Waals surface area contributed by atoms with Crippen molar-refractivity contribution >= 4 is 40.8 Å². The van der Waals surface area contributed by atoms with Gasteiger partial charge < -0.3 is 10.6 Å². The maximum Gasteiger partial charge on any atom is 0.390 e. The minimum Gasteiger partial charge on any atom is -0.334 e. The number of aliphatic imine (C=N–C) groups is 1. The molecule has 1 unspecified atom stereocenters. The fraction of sp³-hybridized carbons (Fsp3) is 0.393. The van der Waals surface area contributed by atoms with Crippen molar-refractivity contribution in [1.82, 2.24) is 15.5 Å². The van der Waals surface area contributed by atoms with Crippen molar-refractivity contribution in [3.63, 3.8) is 0 Å². The summed E-state index contributed by atoms with van der Waals surface area (Å²) in [6, 6.07) is 12.8. The van der Waals surface area contributed by atoms with Gasteiger partial charge in [0.15, 0.2) is 0 Å². The second kappa shape index (κ2) is 14.0. The van der Waals surface area contributed by atoms with Crippen LogP contribution in [0.4, 0.5) is 18.0 Å². The number of carbonyl (C=O) groups is 1. The molecule has 3 rings (SSSR count). The molecular formula is C28H32Cl2F3N5O. The predicted molar refractivity (Wildman–Crippen MR) is 151 cm³/mol. The molecule has 0 bridgehead atoms. The van der Waals surface area contributed by atoms with E-state index in [1.807, 2.05) is 31.2 Å². The van der Waals surface area contributed by atoms with Crippen molar-refractivity contribution in [2.45, 2.75) is 45.3 Å². The molecule has 11 heteroatoms. The number of hydrogen-bond donors (Lipinski definition) is 3. The highest BCUT2D eigenvalue weighted by Crippen LogP contribution is 2.26. The Hall–Kier alpha value is -2.88. The summed E-state index contributed by atoms with van der Waals surface area (Å²) in [5.41, 5.74) is 4.09. The standard InChI is InChI=1S/C28H32Cl2F3N5O/c1-3-24(19-4-8-21(29)9-5-19)37-25-17-35-14-12-23(25)18(2)16-36-27(39)38(15-13-28(31,32)33)26(34)20-6-10-22(30)11-7-20/h4-11,24,34-35H,3,12-17H2,1-2H3,(H,36,39)/b23-18+,34-26?,37-25?. The maximum absolute atomic E-state index is 13.1. The zero-order chi connectivity index (χ0) is 28.6. The number of urea groups is 1. The molecule has 210 valence electrons. The van der Waals surface area contributed by atoms with E-state index < -0.39 is 25.2 Å². The van der Waals surface area contributed by atoms with Crippen LogP contribution in [0.2, 0.25) is 10.0 Å². The second-order valence-corrected chi connectivity index (χ2v) is 10.1. The summed E-state index contributed by atoms with van der Waals surface area (Å²) in [4.78, 5) is 18.9. The van der Waals surface area contributed by atoms with Gasteiger partial charge in [0.25, 0.3) is 0 Å². The van der Waals surface area contributed by atoms with Crippen LogP contribution in [-0.2, 0) is 0 Å². The maximum atomic E-state index is 13.1. The van der Waals surface area contributed by atoms with Gasteiger partial charge in [0.1, 0.15) is 5.84 Å². The molecule has 0 saturated carbocycles. The summed E-state index contributed by atoms with van der Waals surface area (Å²) in [5.74, 6) is -0.336. The summed E-state index contributed by atoms with van der Waals surface area (Å²) < 4.78 is 39.0. The van der Waals surface area contributed by atoms with E-state index in [-0.39, 0.29) is 24.0 Å². The number of amidine groups is 1. The Bertz CT molecular complexity index is 1210. The van der Waals surface area contributed by atoms with Crippen LogP contribution < -0.4 is 10.6 Å². The van der Waals surface area contributed by atoms with E-state index in [1.165, 1.54) is 24.3 Å².